The van der Waals surface area contributed by atoms with E-state index in [1.165, 1.54) is 18.2 Å². The van der Waals surface area contributed by atoms with E-state index in [9.17, 15) is 18.0 Å². The molecule has 1 aliphatic rings. The number of para-hydroxylation sites is 1. The fourth-order valence-corrected chi connectivity index (χ4v) is 2.66. The molecule has 0 radical (unpaired) electrons. The van der Waals surface area contributed by atoms with E-state index in [2.05, 4.69) is 0 Å². The van der Waals surface area contributed by atoms with Crippen molar-refractivity contribution in [2.45, 2.75) is 18.6 Å². The summed E-state index contributed by atoms with van der Waals surface area (Å²) in [6, 6.07) is 14.1. The van der Waals surface area contributed by atoms with Gasteiger partial charge in [-0.15, -0.1) is 0 Å². The minimum Gasteiger partial charge on any atom is -0.340 e. The highest BCUT2D eigenvalue weighted by Gasteiger charge is 2.31. The molecule has 2 nitrogen and oxygen atoms in total. The highest BCUT2D eigenvalue weighted by molar-refractivity contribution is 5.92. The average Bonchev–Trinajstić information content (AvgIpc) is 2.55. The lowest BCUT2D eigenvalue weighted by atomic mass is 9.95. The quantitative estimate of drug-likeness (QED) is 0.797. The van der Waals surface area contributed by atoms with E-state index in [-0.39, 0.29) is 18.2 Å². The predicted octanol–water partition coefficient (Wildman–Crippen LogP) is 4.74. The molecule has 0 amide bonds. The van der Waals surface area contributed by atoms with E-state index >= 15 is 0 Å². The zero-order valence-electron chi connectivity index (χ0n) is 12.1. The number of carbonyl (C=O) groups is 1. The van der Waals surface area contributed by atoms with Crippen LogP contribution in [0.15, 0.2) is 66.9 Å². The Hall–Kier alpha value is -2.56. The second-order valence-electron chi connectivity index (χ2n) is 5.36. The van der Waals surface area contributed by atoms with Crippen LogP contribution in [0.3, 0.4) is 0 Å². The molecule has 0 saturated heterocycles. The summed E-state index contributed by atoms with van der Waals surface area (Å²) >= 11 is 0. The summed E-state index contributed by atoms with van der Waals surface area (Å²) in [6.45, 7) is 0. The molecule has 1 unspecified atom stereocenters. The molecule has 1 aliphatic heterocycles. The van der Waals surface area contributed by atoms with E-state index in [1.807, 2.05) is 35.2 Å². The second-order valence-corrected chi connectivity index (χ2v) is 5.36. The van der Waals surface area contributed by atoms with Crippen LogP contribution in [-0.4, -0.2) is 5.78 Å². The topological polar surface area (TPSA) is 20.3 Å². The summed E-state index contributed by atoms with van der Waals surface area (Å²) in [7, 11) is 0. The molecule has 1 atom stereocenters. The Morgan fingerprint density at radius 1 is 0.957 bits per heavy atom. The van der Waals surface area contributed by atoms with Crippen LogP contribution in [0, 0.1) is 0 Å². The van der Waals surface area contributed by atoms with Gasteiger partial charge in [-0.25, -0.2) is 0 Å². The Bertz CT molecular complexity index is 720. The fraction of sp³-hybridized carbons (Fsp3) is 0.167. The van der Waals surface area contributed by atoms with Crippen molar-refractivity contribution in [2.24, 2.45) is 0 Å². The number of anilines is 1. The molecule has 23 heavy (non-hydrogen) atoms. The Kier molecular flexibility index (Phi) is 3.94. The third-order valence-corrected chi connectivity index (χ3v) is 3.83. The molecule has 0 aliphatic carbocycles. The number of ketones is 1. The molecular formula is C18H14F3NO. The number of carbonyl (C=O) groups excluding carboxylic acids is 1. The summed E-state index contributed by atoms with van der Waals surface area (Å²) in [6.07, 6.45) is -0.951. The summed E-state index contributed by atoms with van der Waals surface area (Å²) < 4.78 is 38.1. The molecule has 2 aromatic carbocycles. The lowest BCUT2D eigenvalue weighted by Gasteiger charge is -2.33. The number of rotatable bonds is 2. The van der Waals surface area contributed by atoms with Gasteiger partial charge in [-0.3, -0.25) is 4.79 Å². The molecular weight excluding hydrogens is 303 g/mol. The summed E-state index contributed by atoms with van der Waals surface area (Å²) in [4.78, 5) is 13.7. The smallest absolute Gasteiger partial charge is 0.340 e. The lowest BCUT2D eigenvalue weighted by molar-refractivity contribution is -0.137. The molecule has 0 fully saturated rings. The average molecular weight is 317 g/mol. The van der Waals surface area contributed by atoms with Crippen molar-refractivity contribution in [3.05, 3.63) is 78.0 Å². The van der Waals surface area contributed by atoms with Crippen molar-refractivity contribution in [3.63, 3.8) is 0 Å². The third kappa shape index (κ3) is 3.28. The van der Waals surface area contributed by atoms with Crippen LogP contribution in [-0.2, 0) is 11.0 Å². The van der Waals surface area contributed by atoms with Crippen LogP contribution >= 0.6 is 0 Å². The number of hydrogen-bond donors (Lipinski definition) is 0. The Morgan fingerprint density at radius 2 is 1.61 bits per heavy atom. The maximum Gasteiger partial charge on any atom is 0.416 e. The maximum atomic E-state index is 12.7. The molecule has 0 spiro atoms. The van der Waals surface area contributed by atoms with Crippen molar-refractivity contribution in [1.29, 1.82) is 0 Å². The molecule has 118 valence electrons. The van der Waals surface area contributed by atoms with Crippen molar-refractivity contribution >= 4 is 11.5 Å². The maximum absolute atomic E-state index is 12.7. The molecule has 3 rings (SSSR count). The first kappa shape index (κ1) is 15.3. The van der Waals surface area contributed by atoms with Crippen molar-refractivity contribution < 1.29 is 18.0 Å². The highest BCUT2D eigenvalue weighted by atomic mass is 19.4. The van der Waals surface area contributed by atoms with Gasteiger partial charge in [-0.2, -0.15) is 13.2 Å². The van der Waals surface area contributed by atoms with Gasteiger partial charge in [0.15, 0.2) is 5.78 Å². The summed E-state index contributed by atoms with van der Waals surface area (Å²) in [5.74, 6) is -0.0397. The van der Waals surface area contributed by atoms with Gasteiger partial charge in [0.25, 0.3) is 0 Å². The first-order chi connectivity index (χ1) is 10.9. The third-order valence-electron chi connectivity index (χ3n) is 3.83. The number of alkyl halides is 3. The first-order valence-corrected chi connectivity index (χ1v) is 7.17. The number of allylic oxidation sites excluding steroid dienone is 1. The zero-order chi connectivity index (χ0) is 16.4. The van der Waals surface area contributed by atoms with Crippen LogP contribution in [0.5, 0.6) is 0 Å². The van der Waals surface area contributed by atoms with Gasteiger partial charge in [-0.1, -0.05) is 30.3 Å². The van der Waals surface area contributed by atoms with Crippen molar-refractivity contribution in [3.8, 4) is 0 Å². The van der Waals surface area contributed by atoms with Gasteiger partial charge in [0.2, 0.25) is 0 Å². The first-order valence-electron chi connectivity index (χ1n) is 7.17. The predicted molar refractivity (Wildman–Crippen MR) is 81.9 cm³/mol. The normalized spacial score (nSPS) is 18.3. The zero-order valence-corrected chi connectivity index (χ0v) is 12.1. The van der Waals surface area contributed by atoms with Crippen LogP contribution < -0.4 is 4.90 Å². The fourth-order valence-electron chi connectivity index (χ4n) is 2.66. The number of halogens is 3. The van der Waals surface area contributed by atoms with E-state index in [4.69, 9.17) is 0 Å². The van der Waals surface area contributed by atoms with Crippen LogP contribution in [0.1, 0.15) is 23.6 Å². The highest BCUT2D eigenvalue weighted by Crippen LogP contribution is 2.35. The number of benzene rings is 2. The molecule has 5 heteroatoms. The largest absolute Gasteiger partial charge is 0.416 e. The van der Waals surface area contributed by atoms with E-state index in [0.29, 0.717) is 5.56 Å². The molecule has 0 N–H and O–H groups in total. The van der Waals surface area contributed by atoms with Crippen molar-refractivity contribution in [1.82, 2.24) is 0 Å². The van der Waals surface area contributed by atoms with Gasteiger partial charge in [0.05, 0.1) is 11.6 Å². The van der Waals surface area contributed by atoms with Crippen LogP contribution in [0.2, 0.25) is 0 Å². The van der Waals surface area contributed by atoms with Gasteiger partial charge >= 0.3 is 6.18 Å². The molecule has 0 saturated carbocycles. The van der Waals surface area contributed by atoms with Crippen molar-refractivity contribution in [2.75, 3.05) is 4.90 Å². The SMILES string of the molecule is O=C1C=CN(c2ccccc2)C(c2ccc(C(F)(F)F)cc2)C1. The Morgan fingerprint density at radius 3 is 2.22 bits per heavy atom. The summed E-state index contributed by atoms with van der Waals surface area (Å²) in [5.41, 5.74) is 0.880. The molecule has 2 aromatic rings. The standard InChI is InChI=1S/C18H14F3NO/c19-18(20,21)14-8-6-13(7-9-14)17-12-16(23)10-11-22(17)15-4-2-1-3-5-15/h1-11,17H,12H2. The van der Waals surface area contributed by atoms with Gasteiger partial charge in [-0.05, 0) is 35.9 Å². The van der Waals surface area contributed by atoms with E-state index in [0.717, 1.165) is 17.8 Å². The minimum absolute atomic E-state index is 0.0397. The second kappa shape index (κ2) is 5.91. The summed E-state index contributed by atoms with van der Waals surface area (Å²) in [5, 5.41) is 0. The van der Waals surface area contributed by atoms with Gasteiger partial charge in [0.1, 0.15) is 0 Å². The number of nitrogens with zero attached hydrogens (tertiary/aromatic N) is 1. The van der Waals surface area contributed by atoms with Gasteiger partial charge in [0, 0.05) is 18.3 Å². The van der Waals surface area contributed by atoms with Gasteiger partial charge < -0.3 is 4.90 Å². The Labute approximate surface area is 131 Å². The molecule has 1 heterocycles. The van der Waals surface area contributed by atoms with Crippen LogP contribution in [0.25, 0.3) is 0 Å². The minimum atomic E-state index is -4.36. The van der Waals surface area contributed by atoms with E-state index < -0.39 is 11.7 Å². The monoisotopic (exact) mass is 317 g/mol. The Balaban J connectivity index is 1.95. The van der Waals surface area contributed by atoms with E-state index in [1.54, 1.807) is 6.20 Å². The lowest BCUT2D eigenvalue weighted by Crippen LogP contribution is -2.29. The number of hydrogen-bond acceptors (Lipinski definition) is 2. The van der Waals surface area contributed by atoms with Crippen LogP contribution in [0.4, 0.5) is 18.9 Å². The molecule has 0 aromatic heterocycles. The molecule has 0 bridgehead atoms.